The second-order valence-electron chi connectivity index (χ2n) is 1.18. The maximum atomic E-state index is 8.59. The second kappa shape index (κ2) is 7.07. The van der Waals surface area contributed by atoms with Gasteiger partial charge >= 0.3 is 0 Å². The summed E-state index contributed by atoms with van der Waals surface area (Å²) in [5, 5.41) is 17.0. The molecule has 0 rings (SSSR count). The first kappa shape index (κ1) is 12.6. The molecule has 0 aromatic rings. The average Bonchev–Trinajstić information content (AvgIpc) is 1.69. The van der Waals surface area contributed by atoms with Crippen molar-refractivity contribution < 1.29 is 37.8 Å². The largest absolute Gasteiger partial charge is 0.898 e. The number of halogens is 1. The summed E-state index contributed by atoms with van der Waals surface area (Å²) in [5.41, 5.74) is 0.380. The molecule has 0 saturated heterocycles. The minimum absolute atomic E-state index is 0. The smallest absolute Gasteiger partial charge is 0.0341 e. The SMILES string of the molecule is C[C-]=C(CO)C(=[N-])Br.[Y]. The van der Waals surface area contributed by atoms with Gasteiger partial charge in [-0.2, -0.15) is 0 Å². The van der Waals surface area contributed by atoms with Crippen LogP contribution in [0.3, 0.4) is 0 Å². The Morgan fingerprint density at radius 3 is 2.22 bits per heavy atom. The zero-order valence-corrected chi connectivity index (χ0v) is 9.48. The predicted octanol–water partition coefficient (Wildman–Crippen LogP) is 1.09. The van der Waals surface area contributed by atoms with Crippen LogP contribution in [-0.2, 0) is 32.7 Å². The molecule has 0 heterocycles. The Balaban J connectivity index is 0. The summed E-state index contributed by atoms with van der Waals surface area (Å²) < 4.78 is -0.0532. The van der Waals surface area contributed by atoms with Gasteiger partial charge in [-0.05, 0) is 0 Å². The molecule has 1 N–H and O–H groups in total. The first-order chi connectivity index (χ1) is 3.72. The number of aliphatic hydroxyl groups excluding tert-OH is 1. The van der Waals surface area contributed by atoms with Crippen LogP contribution in [0, 0.1) is 6.08 Å². The normalized spacial score (nSPS) is 10.3. The molecule has 0 fully saturated rings. The van der Waals surface area contributed by atoms with Crippen LogP contribution >= 0.6 is 15.9 Å². The minimum atomic E-state index is -0.187. The van der Waals surface area contributed by atoms with E-state index in [1.54, 1.807) is 6.92 Å². The third-order valence-corrected chi connectivity index (χ3v) is 1.19. The van der Waals surface area contributed by atoms with Crippen molar-refractivity contribution in [3.05, 3.63) is 17.1 Å². The van der Waals surface area contributed by atoms with Crippen molar-refractivity contribution in [2.24, 2.45) is 0 Å². The van der Waals surface area contributed by atoms with E-state index in [0.29, 0.717) is 5.57 Å². The van der Waals surface area contributed by atoms with Gasteiger partial charge in [0.25, 0.3) is 0 Å². The van der Waals surface area contributed by atoms with E-state index in [0.717, 1.165) is 0 Å². The molecule has 2 nitrogen and oxygen atoms in total. The van der Waals surface area contributed by atoms with Gasteiger partial charge in [0, 0.05) is 39.3 Å². The van der Waals surface area contributed by atoms with Crippen molar-refractivity contribution in [2.45, 2.75) is 6.92 Å². The fourth-order valence-electron chi connectivity index (χ4n) is 0.247. The second-order valence-corrected chi connectivity index (χ2v) is 1.93. The Labute approximate surface area is 88.2 Å². The molecule has 0 amide bonds. The Bertz CT molecular complexity index is 124. The fourth-order valence-corrected chi connectivity index (χ4v) is 0.571. The van der Waals surface area contributed by atoms with E-state index < -0.39 is 0 Å². The minimum Gasteiger partial charge on any atom is -0.898 e. The van der Waals surface area contributed by atoms with Crippen molar-refractivity contribution in [3.63, 3.8) is 0 Å². The molecular formula is C5H6BrNOY-2. The third-order valence-electron chi connectivity index (χ3n) is 0.709. The van der Waals surface area contributed by atoms with Crippen LogP contribution in [0.1, 0.15) is 6.92 Å². The number of aliphatic hydroxyl groups is 1. The van der Waals surface area contributed by atoms with E-state index in [1.165, 1.54) is 0 Å². The summed E-state index contributed by atoms with van der Waals surface area (Å²) in [5.74, 6) is 0. The Morgan fingerprint density at radius 2 is 2.22 bits per heavy atom. The molecule has 0 atom stereocenters. The van der Waals surface area contributed by atoms with Crippen LogP contribution in [0.15, 0.2) is 5.57 Å². The van der Waals surface area contributed by atoms with Gasteiger partial charge in [-0.25, -0.2) is 21.5 Å². The van der Waals surface area contributed by atoms with Crippen LogP contribution < -0.4 is 0 Å². The van der Waals surface area contributed by atoms with Crippen molar-refractivity contribution in [2.75, 3.05) is 6.61 Å². The van der Waals surface area contributed by atoms with Crippen LogP contribution in [0.25, 0.3) is 5.41 Å². The van der Waals surface area contributed by atoms with Gasteiger partial charge in [0.05, 0.1) is 0 Å². The summed E-state index contributed by atoms with van der Waals surface area (Å²) in [6.45, 7) is 1.43. The molecule has 4 heteroatoms. The molecule has 0 unspecified atom stereocenters. The van der Waals surface area contributed by atoms with Crippen LogP contribution in [-0.4, -0.2) is 16.3 Å². The Morgan fingerprint density at radius 1 is 1.78 bits per heavy atom. The van der Waals surface area contributed by atoms with E-state index in [4.69, 9.17) is 10.5 Å². The van der Waals surface area contributed by atoms with Gasteiger partial charge in [0.1, 0.15) is 0 Å². The quantitative estimate of drug-likeness (QED) is 0.589. The van der Waals surface area contributed by atoms with Gasteiger partial charge in [-0.15, -0.1) is 6.92 Å². The van der Waals surface area contributed by atoms with Crippen molar-refractivity contribution in [3.8, 4) is 0 Å². The molecular weight excluding hydrogens is 259 g/mol. The van der Waals surface area contributed by atoms with Crippen molar-refractivity contribution in [1.82, 2.24) is 0 Å². The van der Waals surface area contributed by atoms with Crippen molar-refractivity contribution >= 4 is 20.6 Å². The number of rotatable bonds is 2. The molecule has 0 aromatic heterocycles. The summed E-state index contributed by atoms with van der Waals surface area (Å²) >= 11 is 2.77. The summed E-state index contributed by atoms with van der Waals surface area (Å²) in [6, 6.07) is 0. The van der Waals surface area contributed by atoms with E-state index in [1.807, 2.05) is 0 Å². The molecule has 0 aliphatic carbocycles. The first-order valence-electron chi connectivity index (χ1n) is 2.08. The van der Waals surface area contributed by atoms with Gasteiger partial charge in [-0.3, -0.25) is 10.7 Å². The van der Waals surface area contributed by atoms with E-state index >= 15 is 0 Å². The fraction of sp³-hybridized carbons (Fsp3) is 0.400. The predicted molar refractivity (Wildman–Crippen MR) is 36.8 cm³/mol. The number of hydrogen-bond acceptors (Lipinski definition) is 1. The average molecular weight is 265 g/mol. The molecule has 0 aliphatic rings. The van der Waals surface area contributed by atoms with E-state index in [9.17, 15) is 0 Å². The first-order valence-corrected chi connectivity index (χ1v) is 2.88. The molecule has 0 saturated carbocycles. The molecule has 49 valence electrons. The van der Waals surface area contributed by atoms with Crippen LogP contribution in [0.2, 0.25) is 0 Å². The zero-order valence-electron chi connectivity index (χ0n) is 5.06. The number of nitrogens with zero attached hydrogens (tertiary/aromatic N) is 1. The maximum absolute atomic E-state index is 8.59. The zero-order chi connectivity index (χ0) is 6.57. The Hall–Kier alpha value is 0.954. The van der Waals surface area contributed by atoms with Crippen LogP contribution in [0.5, 0.6) is 0 Å². The topological polar surface area (TPSA) is 42.5 Å². The number of allylic oxidation sites excluding steroid dienone is 1. The molecule has 0 aliphatic heterocycles. The molecule has 0 spiro atoms. The summed E-state index contributed by atoms with van der Waals surface area (Å²) in [7, 11) is 0. The molecule has 1 radical (unpaired) electrons. The maximum Gasteiger partial charge on any atom is 0.0341 e. The van der Waals surface area contributed by atoms with E-state index in [-0.39, 0.29) is 43.9 Å². The van der Waals surface area contributed by atoms with Gasteiger partial charge in [-0.1, -0.05) is 0 Å². The molecule has 0 bridgehead atoms. The van der Waals surface area contributed by atoms with Crippen LogP contribution in [0.4, 0.5) is 0 Å². The number of hydrogen-bond donors (Lipinski definition) is 1. The molecule has 0 aromatic carbocycles. The van der Waals surface area contributed by atoms with Crippen molar-refractivity contribution in [1.29, 1.82) is 0 Å². The van der Waals surface area contributed by atoms with E-state index in [2.05, 4.69) is 22.0 Å². The third kappa shape index (κ3) is 5.40. The van der Waals surface area contributed by atoms with Gasteiger partial charge in [0.2, 0.25) is 0 Å². The Kier molecular flexibility index (Phi) is 9.90. The van der Waals surface area contributed by atoms with Gasteiger partial charge < -0.3 is 10.5 Å². The molecule has 9 heavy (non-hydrogen) atoms. The van der Waals surface area contributed by atoms with Gasteiger partial charge in [0.15, 0.2) is 0 Å². The monoisotopic (exact) mass is 264 g/mol. The standard InChI is InChI=1S/C5H6BrNO.Y/c1-2-4(3-8)5(6)7;/h8H,3H2,1H3;/q-2;. The summed E-state index contributed by atoms with van der Waals surface area (Å²) in [6.07, 6.45) is 2.58. The summed E-state index contributed by atoms with van der Waals surface area (Å²) in [4.78, 5) is 0.